The predicted octanol–water partition coefficient (Wildman–Crippen LogP) is 3.15. The lowest BCUT2D eigenvalue weighted by Crippen LogP contribution is -2.28. The standard InChI is InChI=1S/C19H21N3O2/c1-14(2)15-6-8-18(9-7-15)24-13-19(23)20-12-16-11-17-5-3-4-10-22(17)21-16/h3-11,14H,12-13H2,1-2H3,(H,20,23). The normalized spacial score (nSPS) is 11.0. The maximum Gasteiger partial charge on any atom is 0.258 e. The van der Waals surface area contributed by atoms with E-state index >= 15 is 0 Å². The molecule has 5 heteroatoms. The maximum absolute atomic E-state index is 11.9. The van der Waals surface area contributed by atoms with Crippen molar-refractivity contribution in [3.05, 3.63) is 66.0 Å². The van der Waals surface area contributed by atoms with Gasteiger partial charge in [0.25, 0.3) is 5.91 Å². The number of fused-ring (bicyclic) bond motifs is 1. The molecule has 124 valence electrons. The van der Waals surface area contributed by atoms with E-state index in [9.17, 15) is 4.79 Å². The Hall–Kier alpha value is -2.82. The van der Waals surface area contributed by atoms with Crippen LogP contribution in [0.15, 0.2) is 54.7 Å². The van der Waals surface area contributed by atoms with Gasteiger partial charge in [-0.2, -0.15) is 5.10 Å². The van der Waals surface area contributed by atoms with E-state index in [1.807, 2.05) is 54.7 Å². The minimum absolute atomic E-state index is 0.00556. The van der Waals surface area contributed by atoms with Crippen molar-refractivity contribution in [3.8, 4) is 5.75 Å². The number of hydrogen-bond donors (Lipinski definition) is 1. The molecule has 24 heavy (non-hydrogen) atoms. The Bertz CT molecular complexity index is 789. The van der Waals surface area contributed by atoms with E-state index in [0.717, 1.165) is 11.2 Å². The summed E-state index contributed by atoms with van der Waals surface area (Å²) >= 11 is 0. The summed E-state index contributed by atoms with van der Waals surface area (Å²) in [6, 6.07) is 15.6. The summed E-state index contributed by atoms with van der Waals surface area (Å²) in [5, 5.41) is 7.21. The summed E-state index contributed by atoms with van der Waals surface area (Å²) < 4.78 is 7.30. The van der Waals surface area contributed by atoms with Crippen LogP contribution in [0.3, 0.4) is 0 Å². The van der Waals surface area contributed by atoms with Crippen molar-refractivity contribution >= 4 is 11.4 Å². The molecule has 0 spiro atoms. The zero-order chi connectivity index (χ0) is 16.9. The maximum atomic E-state index is 11.9. The minimum atomic E-state index is -0.167. The molecule has 0 saturated carbocycles. The fourth-order valence-corrected chi connectivity index (χ4v) is 2.42. The van der Waals surface area contributed by atoms with Gasteiger partial charge < -0.3 is 10.1 Å². The highest BCUT2D eigenvalue weighted by Crippen LogP contribution is 2.18. The smallest absolute Gasteiger partial charge is 0.258 e. The van der Waals surface area contributed by atoms with E-state index in [1.165, 1.54) is 5.56 Å². The van der Waals surface area contributed by atoms with Crippen molar-refractivity contribution in [2.75, 3.05) is 6.61 Å². The lowest BCUT2D eigenvalue weighted by molar-refractivity contribution is -0.123. The monoisotopic (exact) mass is 323 g/mol. The van der Waals surface area contributed by atoms with Crippen LogP contribution >= 0.6 is 0 Å². The van der Waals surface area contributed by atoms with Gasteiger partial charge in [-0.1, -0.05) is 32.0 Å². The fourth-order valence-electron chi connectivity index (χ4n) is 2.42. The van der Waals surface area contributed by atoms with Crippen molar-refractivity contribution in [2.24, 2.45) is 0 Å². The lowest BCUT2D eigenvalue weighted by atomic mass is 10.0. The van der Waals surface area contributed by atoms with E-state index in [-0.39, 0.29) is 12.5 Å². The van der Waals surface area contributed by atoms with Gasteiger partial charge in [0.15, 0.2) is 6.61 Å². The number of benzene rings is 1. The first-order valence-corrected chi connectivity index (χ1v) is 8.04. The first-order valence-electron chi connectivity index (χ1n) is 8.04. The van der Waals surface area contributed by atoms with Crippen LogP contribution in [0.25, 0.3) is 5.52 Å². The third kappa shape index (κ3) is 3.93. The SMILES string of the molecule is CC(C)c1ccc(OCC(=O)NCc2cc3ccccn3n2)cc1. The summed E-state index contributed by atoms with van der Waals surface area (Å²) in [4.78, 5) is 11.9. The van der Waals surface area contributed by atoms with Gasteiger partial charge in [0.2, 0.25) is 0 Å². The zero-order valence-corrected chi connectivity index (χ0v) is 13.9. The molecule has 1 N–H and O–H groups in total. The van der Waals surface area contributed by atoms with Crippen LogP contribution < -0.4 is 10.1 Å². The molecule has 0 aliphatic heterocycles. The van der Waals surface area contributed by atoms with Gasteiger partial charge in [-0.25, -0.2) is 4.52 Å². The van der Waals surface area contributed by atoms with Gasteiger partial charge >= 0.3 is 0 Å². The predicted molar refractivity (Wildman–Crippen MR) is 93.1 cm³/mol. The molecule has 0 radical (unpaired) electrons. The number of amides is 1. The molecule has 3 rings (SSSR count). The molecule has 3 aromatic rings. The highest BCUT2D eigenvalue weighted by atomic mass is 16.5. The van der Waals surface area contributed by atoms with Gasteiger partial charge in [-0.3, -0.25) is 4.79 Å². The molecule has 2 heterocycles. The zero-order valence-electron chi connectivity index (χ0n) is 13.9. The van der Waals surface area contributed by atoms with Crippen molar-refractivity contribution in [3.63, 3.8) is 0 Å². The third-order valence-electron chi connectivity index (χ3n) is 3.80. The first kappa shape index (κ1) is 16.1. The number of aromatic nitrogens is 2. The number of pyridine rings is 1. The number of nitrogens with one attached hydrogen (secondary N) is 1. The highest BCUT2D eigenvalue weighted by molar-refractivity contribution is 5.77. The van der Waals surface area contributed by atoms with Crippen LogP contribution in [0, 0.1) is 0 Å². The quantitative estimate of drug-likeness (QED) is 0.758. The molecule has 2 aromatic heterocycles. The highest BCUT2D eigenvalue weighted by Gasteiger charge is 2.06. The van der Waals surface area contributed by atoms with Crippen molar-refractivity contribution in [2.45, 2.75) is 26.3 Å². The number of carbonyl (C=O) groups is 1. The van der Waals surface area contributed by atoms with Crippen molar-refractivity contribution in [1.29, 1.82) is 0 Å². The molecule has 0 unspecified atom stereocenters. The molecular weight excluding hydrogens is 302 g/mol. The molecule has 0 aliphatic rings. The summed E-state index contributed by atoms with van der Waals surface area (Å²) in [5.41, 5.74) is 3.07. The molecule has 0 saturated heterocycles. The van der Waals surface area contributed by atoms with Gasteiger partial charge in [-0.05, 0) is 41.8 Å². The molecule has 0 aliphatic carbocycles. The van der Waals surface area contributed by atoms with E-state index in [2.05, 4.69) is 24.3 Å². The van der Waals surface area contributed by atoms with E-state index in [4.69, 9.17) is 4.74 Å². The van der Waals surface area contributed by atoms with E-state index in [0.29, 0.717) is 18.2 Å². The van der Waals surface area contributed by atoms with E-state index in [1.54, 1.807) is 4.52 Å². The Balaban J connectivity index is 1.48. The largest absolute Gasteiger partial charge is 0.484 e. The number of carbonyl (C=O) groups excluding carboxylic acids is 1. The molecule has 5 nitrogen and oxygen atoms in total. The second kappa shape index (κ2) is 7.17. The lowest BCUT2D eigenvalue weighted by Gasteiger charge is -2.09. The van der Waals surface area contributed by atoms with Crippen molar-refractivity contribution in [1.82, 2.24) is 14.9 Å². The molecule has 0 bridgehead atoms. The number of hydrogen-bond acceptors (Lipinski definition) is 3. The van der Waals surface area contributed by atoms with Crippen LogP contribution in [0.2, 0.25) is 0 Å². The van der Waals surface area contributed by atoms with Crippen LogP contribution in [-0.4, -0.2) is 22.1 Å². The summed E-state index contributed by atoms with van der Waals surface area (Å²) in [7, 11) is 0. The first-order chi connectivity index (χ1) is 11.6. The average Bonchev–Trinajstić information content (AvgIpc) is 3.01. The van der Waals surface area contributed by atoms with Crippen LogP contribution in [0.4, 0.5) is 0 Å². The van der Waals surface area contributed by atoms with Gasteiger partial charge in [0.05, 0.1) is 17.8 Å². The van der Waals surface area contributed by atoms with Crippen LogP contribution in [-0.2, 0) is 11.3 Å². The summed E-state index contributed by atoms with van der Waals surface area (Å²) in [5.74, 6) is 1.01. The van der Waals surface area contributed by atoms with Crippen LogP contribution in [0.1, 0.15) is 31.0 Å². The molecule has 0 fully saturated rings. The molecular formula is C19H21N3O2. The number of ether oxygens (including phenoxy) is 1. The van der Waals surface area contributed by atoms with Gasteiger partial charge in [-0.15, -0.1) is 0 Å². The topological polar surface area (TPSA) is 55.6 Å². The van der Waals surface area contributed by atoms with Gasteiger partial charge in [0, 0.05) is 6.20 Å². The van der Waals surface area contributed by atoms with Crippen LogP contribution in [0.5, 0.6) is 5.75 Å². The number of rotatable bonds is 6. The Morgan fingerprint density at radius 1 is 1.21 bits per heavy atom. The van der Waals surface area contributed by atoms with Crippen molar-refractivity contribution < 1.29 is 9.53 Å². The average molecular weight is 323 g/mol. The molecule has 1 amide bonds. The Morgan fingerprint density at radius 2 is 2.00 bits per heavy atom. The number of nitrogens with zero attached hydrogens (tertiary/aromatic N) is 2. The second-order valence-corrected chi connectivity index (χ2v) is 5.99. The van der Waals surface area contributed by atoms with E-state index < -0.39 is 0 Å². The Labute approximate surface area is 141 Å². The van der Waals surface area contributed by atoms with Gasteiger partial charge in [0.1, 0.15) is 5.75 Å². The second-order valence-electron chi connectivity index (χ2n) is 5.99. The molecule has 0 atom stereocenters. The Morgan fingerprint density at radius 3 is 2.71 bits per heavy atom. The fraction of sp³-hybridized carbons (Fsp3) is 0.263. The minimum Gasteiger partial charge on any atom is -0.484 e. The third-order valence-corrected chi connectivity index (χ3v) is 3.80. The summed E-state index contributed by atoms with van der Waals surface area (Å²) in [6.07, 6.45) is 1.88. The molecule has 1 aromatic carbocycles. The summed E-state index contributed by atoms with van der Waals surface area (Å²) in [6.45, 7) is 4.66. The Kier molecular flexibility index (Phi) is 4.79.